The summed E-state index contributed by atoms with van der Waals surface area (Å²) in [5.74, 6) is 1.46. The highest BCUT2D eigenvalue weighted by molar-refractivity contribution is 6.15. The van der Waals surface area contributed by atoms with Gasteiger partial charge < -0.3 is 4.74 Å². The summed E-state index contributed by atoms with van der Waals surface area (Å²) in [7, 11) is 0. The third-order valence-corrected chi connectivity index (χ3v) is 10.3. The molecule has 11 aromatic rings. The highest BCUT2D eigenvalue weighted by atomic mass is 16.5. The van der Waals surface area contributed by atoms with Crippen LogP contribution >= 0.6 is 0 Å². The molecule has 0 aliphatic rings. The maximum absolute atomic E-state index is 6.66. The van der Waals surface area contributed by atoms with E-state index in [4.69, 9.17) is 19.7 Å². The lowest BCUT2D eigenvalue weighted by Gasteiger charge is -2.16. The number of fused-ring (bicyclic) bond motifs is 12. The van der Waals surface area contributed by atoms with Gasteiger partial charge in [0.05, 0.1) is 17.4 Å². The molecule has 248 valence electrons. The zero-order valence-electron chi connectivity index (χ0n) is 28.4. The first kappa shape index (κ1) is 29.4. The second-order valence-electron chi connectivity index (χ2n) is 13.3. The number of pyridine rings is 3. The van der Waals surface area contributed by atoms with Crippen molar-refractivity contribution >= 4 is 54.8 Å². The van der Waals surface area contributed by atoms with Crippen molar-refractivity contribution in [2.24, 2.45) is 0 Å². The molecule has 6 heteroatoms. The van der Waals surface area contributed by atoms with Crippen LogP contribution < -0.4 is 4.74 Å². The van der Waals surface area contributed by atoms with E-state index in [-0.39, 0.29) is 0 Å². The van der Waals surface area contributed by atoms with E-state index in [0.717, 1.165) is 77.5 Å². The Morgan fingerprint density at radius 3 is 1.70 bits per heavy atom. The van der Waals surface area contributed by atoms with Crippen LogP contribution in [0.25, 0.3) is 88.3 Å². The smallest absolute Gasteiger partial charge is 0.146 e. The van der Waals surface area contributed by atoms with Crippen molar-refractivity contribution in [2.45, 2.75) is 0 Å². The first-order chi connectivity index (χ1) is 26.3. The summed E-state index contributed by atoms with van der Waals surface area (Å²) in [6.45, 7) is 0. The fourth-order valence-electron chi connectivity index (χ4n) is 7.92. The molecule has 0 aliphatic carbocycles. The Hall–Kier alpha value is -7.31. The highest BCUT2D eigenvalue weighted by Gasteiger charge is 2.18. The van der Waals surface area contributed by atoms with Gasteiger partial charge >= 0.3 is 0 Å². The molecule has 0 atom stereocenters. The number of rotatable bonds is 5. The third kappa shape index (κ3) is 4.63. The summed E-state index contributed by atoms with van der Waals surface area (Å²) < 4.78 is 11.0. The van der Waals surface area contributed by atoms with Crippen LogP contribution in [-0.4, -0.2) is 23.8 Å². The fourth-order valence-corrected chi connectivity index (χ4v) is 7.92. The van der Waals surface area contributed by atoms with Crippen LogP contribution in [0.3, 0.4) is 0 Å². The minimum atomic E-state index is 0.727. The summed E-state index contributed by atoms with van der Waals surface area (Å²) in [5.41, 5.74) is 10.5. The van der Waals surface area contributed by atoms with Gasteiger partial charge in [0.15, 0.2) is 0 Å². The second-order valence-corrected chi connectivity index (χ2v) is 13.3. The van der Waals surface area contributed by atoms with Gasteiger partial charge in [-0.1, -0.05) is 91.0 Å². The lowest BCUT2D eigenvalue weighted by molar-refractivity contribution is 0.484. The number of nitrogens with zero attached hydrogens (tertiary/aromatic N) is 5. The maximum atomic E-state index is 6.66. The monoisotopic (exact) mass is 679 g/mol. The number of hydrogen-bond donors (Lipinski definition) is 0. The molecule has 0 bridgehead atoms. The quantitative estimate of drug-likeness (QED) is 0.170. The van der Waals surface area contributed by atoms with E-state index in [1.54, 1.807) is 0 Å². The van der Waals surface area contributed by atoms with Crippen molar-refractivity contribution in [1.82, 2.24) is 23.8 Å². The minimum Gasteiger partial charge on any atom is -0.457 e. The van der Waals surface area contributed by atoms with Gasteiger partial charge in [-0.2, -0.15) is 0 Å². The zero-order valence-corrected chi connectivity index (χ0v) is 28.4. The van der Waals surface area contributed by atoms with Crippen molar-refractivity contribution in [2.75, 3.05) is 0 Å². The molecule has 6 aromatic carbocycles. The van der Waals surface area contributed by atoms with Crippen LogP contribution in [0.2, 0.25) is 0 Å². The fraction of sp³-hybridized carbons (Fsp3) is 0. The summed E-state index contributed by atoms with van der Waals surface area (Å²) >= 11 is 0. The summed E-state index contributed by atoms with van der Waals surface area (Å²) in [5, 5.41) is 6.42. The lowest BCUT2D eigenvalue weighted by atomic mass is 9.91. The highest BCUT2D eigenvalue weighted by Crippen LogP contribution is 2.41. The largest absolute Gasteiger partial charge is 0.457 e. The number of aromatic nitrogens is 5. The molecule has 0 fully saturated rings. The number of benzene rings is 6. The maximum Gasteiger partial charge on any atom is 0.146 e. The molecule has 0 saturated carbocycles. The molecule has 5 heterocycles. The predicted octanol–water partition coefficient (Wildman–Crippen LogP) is 11.8. The van der Waals surface area contributed by atoms with Crippen LogP contribution in [0.4, 0.5) is 0 Å². The molecular weight excluding hydrogens is 651 g/mol. The van der Waals surface area contributed by atoms with Crippen LogP contribution in [0.15, 0.2) is 176 Å². The van der Waals surface area contributed by atoms with Crippen molar-refractivity contribution in [3.05, 3.63) is 176 Å². The summed E-state index contributed by atoms with van der Waals surface area (Å²) in [6.07, 6.45) is 7.69. The van der Waals surface area contributed by atoms with E-state index < -0.39 is 0 Å². The Morgan fingerprint density at radius 1 is 0.415 bits per heavy atom. The zero-order chi connectivity index (χ0) is 34.9. The van der Waals surface area contributed by atoms with Gasteiger partial charge in [0.1, 0.15) is 28.4 Å². The predicted molar refractivity (Wildman–Crippen MR) is 215 cm³/mol. The van der Waals surface area contributed by atoms with Crippen molar-refractivity contribution in [3.8, 4) is 45.0 Å². The molecule has 0 radical (unpaired) electrons. The Labute approximate surface area is 303 Å². The van der Waals surface area contributed by atoms with Gasteiger partial charge in [0, 0.05) is 45.7 Å². The van der Waals surface area contributed by atoms with E-state index >= 15 is 0 Å². The standard InChI is InChI=1S/C47H29N5O/c1-4-11-30(12-5-1)38-27-40-36-21-19-33(25-41(36)45-49-23-24-51(45)43(40)28-39(38)31-13-6-2-7-14-31)53-34-18-20-35-37-17-10-22-48-46(37)52-44(32-15-8-3-9-16-32)29-50-47(52)42(35)26-34/h1-29H. The van der Waals surface area contributed by atoms with Gasteiger partial charge in [-0.25, -0.2) is 15.0 Å². The molecule has 0 aliphatic heterocycles. The van der Waals surface area contributed by atoms with Crippen LogP contribution in [-0.2, 0) is 0 Å². The van der Waals surface area contributed by atoms with Crippen molar-refractivity contribution in [1.29, 1.82) is 0 Å². The first-order valence-electron chi connectivity index (χ1n) is 17.7. The third-order valence-electron chi connectivity index (χ3n) is 10.3. The molecule has 0 saturated heterocycles. The minimum absolute atomic E-state index is 0.727. The molecule has 0 N–H and O–H groups in total. The number of hydrogen-bond acceptors (Lipinski definition) is 4. The topological polar surface area (TPSA) is 56.7 Å². The summed E-state index contributed by atoms with van der Waals surface area (Å²) in [4.78, 5) is 14.6. The van der Waals surface area contributed by atoms with Gasteiger partial charge in [-0.15, -0.1) is 0 Å². The summed E-state index contributed by atoms with van der Waals surface area (Å²) in [6, 6.07) is 52.8. The van der Waals surface area contributed by atoms with E-state index in [1.165, 1.54) is 22.3 Å². The molecule has 53 heavy (non-hydrogen) atoms. The molecule has 6 nitrogen and oxygen atoms in total. The SMILES string of the molecule is c1ccc(-c2cc3c4ccc(Oc5ccc6c7cccnc7n7c(-c8ccccc8)cnc7c6c5)cc4c4nccn4c3cc2-c2ccccc2)cc1. The Bertz CT molecular complexity index is 3190. The molecule has 0 unspecified atom stereocenters. The molecule has 0 spiro atoms. The first-order valence-corrected chi connectivity index (χ1v) is 17.7. The van der Waals surface area contributed by atoms with Gasteiger partial charge in [-0.05, 0) is 93.7 Å². The average Bonchev–Trinajstić information content (AvgIpc) is 3.91. The van der Waals surface area contributed by atoms with Crippen molar-refractivity contribution < 1.29 is 4.74 Å². The van der Waals surface area contributed by atoms with Crippen molar-refractivity contribution in [3.63, 3.8) is 0 Å². The van der Waals surface area contributed by atoms with Gasteiger partial charge in [0.25, 0.3) is 0 Å². The molecule has 11 rings (SSSR count). The number of imidazole rings is 2. The Kier molecular flexibility index (Phi) is 6.45. The van der Waals surface area contributed by atoms with E-state index in [2.05, 4.69) is 130 Å². The lowest BCUT2D eigenvalue weighted by Crippen LogP contribution is -1.96. The normalized spacial score (nSPS) is 11.8. The second kappa shape index (κ2) is 11.6. The Balaban J connectivity index is 1.08. The Morgan fingerprint density at radius 2 is 1.00 bits per heavy atom. The van der Waals surface area contributed by atoms with Gasteiger partial charge in [-0.3, -0.25) is 8.80 Å². The molecule has 0 amide bonds. The molecule has 5 aromatic heterocycles. The van der Waals surface area contributed by atoms with Gasteiger partial charge in [0.2, 0.25) is 0 Å². The van der Waals surface area contributed by atoms with E-state index in [9.17, 15) is 0 Å². The van der Waals surface area contributed by atoms with Crippen LogP contribution in [0.1, 0.15) is 0 Å². The van der Waals surface area contributed by atoms with E-state index in [1.807, 2.05) is 55.1 Å². The molecular formula is C47H29N5O. The number of ether oxygens (including phenoxy) is 1. The van der Waals surface area contributed by atoms with E-state index in [0.29, 0.717) is 0 Å². The van der Waals surface area contributed by atoms with Crippen LogP contribution in [0, 0.1) is 0 Å². The average molecular weight is 680 g/mol. The van der Waals surface area contributed by atoms with Crippen LogP contribution in [0.5, 0.6) is 11.5 Å².